The van der Waals surface area contributed by atoms with Crippen LogP contribution in [-0.4, -0.2) is 43.8 Å². The molecule has 0 radical (unpaired) electrons. The maximum Gasteiger partial charge on any atom is 0.315 e. The first kappa shape index (κ1) is 14.2. The van der Waals surface area contributed by atoms with Gasteiger partial charge in [-0.3, -0.25) is 4.79 Å². The van der Waals surface area contributed by atoms with Crippen LogP contribution in [0.25, 0.3) is 0 Å². The summed E-state index contributed by atoms with van der Waals surface area (Å²) in [5, 5.41) is 27.6. The number of H-pyrrole nitrogens is 1. The lowest BCUT2D eigenvalue weighted by atomic mass is 9.95. The summed E-state index contributed by atoms with van der Waals surface area (Å²) >= 11 is 0. The van der Waals surface area contributed by atoms with Crippen LogP contribution in [0, 0.1) is 5.92 Å². The Morgan fingerprint density at radius 3 is 2.80 bits per heavy atom. The van der Waals surface area contributed by atoms with Gasteiger partial charge in [0.1, 0.15) is 0 Å². The van der Waals surface area contributed by atoms with E-state index in [1.807, 2.05) is 0 Å². The lowest BCUT2D eigenvalue weighted by molar-refractivity contribution is -0.142. The molecular weight excluding hydrogens is 264 g/mol. The van der Waals surface area contributed by atoms with Gasteiger partial charge < -0.3 is 15.7 Å². The molecule has 2 rings (SSSR count). The molecule has 1 heterocycles. The highest BCUT2D eigenvalue weighted by molar-refractivity contribution is 5.76. The Hall–Kier alpha value is -2.19. The van der Waals surface area contributed by atoms with Crippen LogP contribution in [0.15, 0.2) is 0 Å². The van der Waals surface area contributed by atoms with Crippen molar-refractivity contribution in [2.75, 3.05) is 0 Å². The monoisotopic (exact) mass is 282 g/mol. The zero-order chi connectivity index (χ0) is 14.4. The van der Waals surface area contributed by atoms with Crippen LogP contribution in [0.2, 0.25) is 0 Å². The second kappa shape index (κ2) is 6.83. The molecule has 0 bridgehead atoms. The minimum atomic E-state index is -0.852. The number of carbonyl (C=O) groups is 2. The number of aromatic amines is 1. The van der Waals surface area contributed by atoms with E-state index in [2.05, 4.69) is 31.3 Å². The van der Waals surface area contributed by atoms with E-state index in [1.54, 1.807) is 0 Å². The van der Waals surface area contributed by atoms with Crippen LogP contribution in [0.4, 0.5) is 4.79 Å². The average molecular weight is 282 g/mol. The molecule has 0 aromatic carbocycles. The van der Waals surface area contributed by atoms with Gasteiger partial charge in [-0.05, 0) is 12.8 Å². The highest BCUT2D eigenvalue weighted by atomic mass is 16.4. The lowest BCUT2D eigenvalue weighted by Crippen LogP contribution is -2.47. The van der Waals surface area contributed by atoms with E-state index < -0.39 is 17.9 Å². The number of carboxylic acid groups (broad SMARTS) is 1. The number of hydrogen-bond acceptors (Lipinski definition) is 5. The quantitative estimate of drug-likeness (QED) is 0.576. The molecule has 0 aliphatic heterocycles. The van der Waals surface area contributed by atoms with Crippen molar-refractivity contribution < 1.29 is 14.7 Å². The third-order valence-corrected chi connectivity index (χ3v) is 3.45. The molecule has 4 N–H and O–H groups in total. The third kappa shape index (κ3) is 3.90. The first-order valence-electron chi connectivity index (χ1n) is 6.66. The zero-order valence-electron chi connectivity index (χ0n) is 11.0. The number of hydrogen-bond donors (Lipinski definition) is 4. The molecule has 110 valence electrons. The molecule has 9 nitrogen and oxygen atoms in total. The Morgan fingerprint density at radius 1 is 1.30 bits per heavy atom. The molecule has 0 spiro atoms. The van der Waals surface area contributed by atoms with Crippen molar-refractivity contribution >= 4 is 12.0 Å². The molecule has 1 aromatic rings. The van der Waals surface area contributed by atoms with Gasteiger partial charge in [-0.1, -0.05) is 24.5 Å². The van der Waals surface area contributed by atoms with Crippen molar-refractivity contribution in [2.24, 2.45) is 5.92 Å². The smallest absolute Gasteiger partial charge is 0.315 e. The van der Waals surface area contributed by atoms with Gasteiger partial charge in [0.25, 0.3) is 0 Å². The fourth-order valence-electron chi connectivity index (χ4n) is 2.41. The number of tetrazole rings is 1. The molecule has 1 aliphatic rings. The molecule has 1 aromatic heterocycles. The Balaban J connectivity index is 1.85. The van der Waals surface area contributed by atoms with E-state index in [0.29, 0.717) is 18.7 Å². The number of amides is 2. The predicted octanol–water partition coefficient (Wildman–Crippen LogP) is 0.0324. The zero-order valence-corrected chi connectivity index (χ0v) is 11.0. The molecule has 0 saturated heterocycles. The fraction of sp³-hybridized carbons (Fsp3) is 0.727. The molecule has 1 saturated carbocycles. The summed E-state index contributed by atoms with van der Waals surface area (Å²) in [4.78, 5) is 23.0. The van der Waals surface area contributed by atoms with E-state index in [4.69, 9.17) is 0 Å². The topological polar surface area (TPSA) is 133 Å². The number of rotatable bonds is 4. The maximum absolute atomic E-state index is 11.8. The molecule has 20 heavy (non-hydrogen) atoms. The van der Waals surface area contributed by atoms with Crippen molar-refractivity contribution in [1.29, 1.82) is 0 Å². The second-order valence-electron chi connectivity index (χ2n) is 4.84. The van der Waals surface area contributed by atoms with Gasteiger partial charge in [0.2, 0.25) is 0 Å². The highest BCUT2D eigenvalue weighted by Crippen LogP contribution is 2.23. The summed E-state index contributed by atoms with van der Waals surface area (Å²) in [6, 6.07) is -0.742. The van der Waals surface area contributed by atoms with Crippen LogP contribution in [0.5, 0.6) is 0 Å². The second-order valence-corrected chi connectivity index (χ2v) is 4.84. The number of nitrogens with one attached hydrogen (secondary N) is 3. The lowest BCUT2D eigenvalue weighted by Gasteiger charge is -2.22. The molecule has 2 unspecified atom stereocenters. The summed E-state index contributed by atoms with van der Waals surface area (Å²) in [5.41, 5.74) is 0. The van der Waals surface area contributed by atoms with Crippen LogP contribution in [0.3, 0.4) is 0 Å². The number of carboxylic acids is 1. The van der Waals surface area contributed by atoms with Crippen molar-refractivity contribution in [3.8, 4) is 0 Å². The Labute approximate surface area is 115 Å². The van der Waals surface area contributed by atoms with Gasteiger partial charge in [0, 0.05) is 6.04 Å². The molecule has 2 amide bonds. The third-order valence-electron chi connectivity index (χ3n) is 3.45. The minimum absolute atomic E-state index is 0.146. The first-order chi connectivity index (χ1) is 9.66. The summed E-state index contributed by atoms with van der Waals surface area (Å²) in [7, 11) is 0. The number of nitrogens with zero attached hydrogens (tertiary/aromatic N) is 3. The standard InChI is InChI=1S/C11H18N6O3/c18-10(19)7-4-2-1-3-5-8(7)13-11(20)12-6-9-14-16-17-15-9/h7-8H,1-6H2,(H,18,19)(H2,12,13,20)(H,14,15,16,17). The number of aromatic nitrogens is 4. The number of urea groups is 1. The summed E-state index contributed by atoms with van der Waals surface area (Å²) < 4.78 is 0. The average Bonchev–Trinajstić information content (AvgIpc) is 2.82. The van der Waals surface area contributed by atoms with Gasteiger partial charge in [-0.25, -0.2) is 4.79 Å². The number of carbonyl (C=O) groups excluding carboxylic acids is 1. The Morgan fingerprint density at radius 2 is 2.10 bits per heavy atom. The van der Waals surface area contributed by atoms with Gasteiger partial charge in [-0.2, -0.15) is 5.21 Å². The normalized spacial score (nSPS) is 22.8. The SMILES string of the molecule is O=C(NCc1nn[nH]n1)NC1CCCCCC1C(=O)O. The van der Waals surface area contributed by atoms with E-state index in [9.17, 15) is 14.7 Å². The Kier molecular flexibility index (Phi) is 4.85. The van der Waals surface area contributed by atoms with E-state index in [-0.39, 0.29) is 12.6 Å². The molecular formula is C11H18N6O3. The van der Waals surface area contributed by atoms with Crippen molar-refractivity contribution in [2.45, 2.75) is 44.7 Å². The molecule has 2 atom stereocenters. The molecule has 9 heteroatoms. The van der Waals surface area contributed by atoms with Gasteiger partial charge in [0.15, 0.2) is 5.82 Å². The first-order valence-corrected chi connectivity index (χ1v) is 6.66. The van der Waals surface area contributed by atoms with Gasteiger partial charge in [-0.15, -0.1) is 10.2 Å². The highest BCUT2D eigenvalue weighted by Gasteiger charge is 2.30. The fourth-order valence-corrected chi connectivity index (χ4v) is 2.41. The van der Waals surface area contributed by atoms with Crippen LogP contribution >= 0.6 is 0 Å². The van der Waals surface area contributed by atoms with Crippen LogP contribution < -0.4 is 10.6 Å². The van der Waals surface area contributed by atoms with Crippen LogP contribution in [0.1, 0.15) is 37.9 Å². The predicted molar refractivity (Wildman–Crippen MR) is 67.5 cm³/mol. The maximum atomic E-state index is 11.8. The van der Waals surface area contributed by atoms with Crippen molar-refractivity contribution in [3.63, 3.8) is 0 Å². The molecule has 1 aliphatic carbocycles. The van der Waals surface area contributed by atoms with Crippen LogP contribution in [-0.2, 0) is 11.3 Å². The van der Waals surface area contributed by atoms with E-state index >= 15 is 0 Å². The van der Waals surface area contributed by atoms with Crippen molar-refractivity contribution in [1.82, 2.24) is 31.3 Å². The summed E-state index contributed by atoms with van der Waals surface area (Å²) in [6.07, 6.45) is 4.11. The largest absolute Gasteiger partial charge is 0.481 e. The van der Waals surface area contributed by atoms with Gasteiger partial charge >= 0.3 is 12.0 Å². The Bertz CT molecular complexity index is 449. The van der Waals surface area contributed by atoms with Gasteiger partial charge in [0.05, 0.1) is 12.5 Å². The van der Waals surface area contributed by atoms with Crippen molar-refractivity contribution in [3.05, 3.63) is 5.82 Å². The minimum Gasteiger partial charge on any atom is -0.481 e. The number of aliphatic carboxylic acids is 1. The summed E-state index contributed by atoms with van der Waals surface area (Å²) in [6.45, 7) is 0.146. The molecule has 1 fully saturated rings. The van der Waals surface area contributed by atoms with E-state index in [1.165, 1.54) is 0 Å². The van der Waals surface area contributed by atoms with E-state index in [0.717, 1.165) is 19.3 Å². The summed E-state index contributed by atoms with van der Waals surface area (Å²) in [5.74, 6) is -1.00.